The zero-order chi connectivity index (χ0) is 22.3. The molecule has 1 aromatic heterocycles. The van der Waals surface area contributed by atoms with Crippen LogP contribution in [0.5, 0.6) is 0 Å². The molecule has 1 unspecified atom stereocenters. The molecule has 1 aromatic carbocycles. The van der Waals surface area contributed by atoms with Crippen molar-refractivity contribution in [2.45, 2.75) is 49.5 Å². The smallest absolute Gasteiger partial charge is 0.225 e. The van der Waals surface area contributed by atoms with Gasteiger partial charge < -0.3 is 14.5 Å². The van der Waals surface area contributed by atoms with Gasteiger partial charge in [0, 0.05) is 51.5 Å². The van der Waals surface area contributed by atoms with Crippen LogP contribution >= 0.6 is 11.6 Å². The molecule has 32 heavy (non-hydrogen) atoms. The minimum Gasteiger partial charge on any atom is -0.362 e. The number of alkyl halides is 1. The Morgan fingerprint density at radius 3 is 2.50 bits per heavy atom. The topological polar surface area (TPSA) is 63.5 Å². The first-order valence-electron chi connectivity index (χ1n) is 11.7. The molecule has 2 aromatic rings. The van der Waals surface area contributed by atoms with Gasteiger partial charge in [-0.2, -0.15) is 0 Å². The maximum Gasteiger partial charge on any atom is 0.225 e. The molecule has 1 atom stereocenters. The molecule has 0 bridgehead atoms. The van der Waals surface area contributed by atoms with E-state index >= 15 is 0 Å². The van der Waals surface area contributed by atoms with Gasteiger partial charge >= 0.3 is 0 Å². The number of benzene rings is 1. The fourth-order valence-electron chi connectivity index (χ4n) is 5.46. The Bertz CT molecular complexity index is 979. The Hall–Kier alpha value is -1.96. The van der Waals surface area contributed by atoms with Gasteiger partial charge in [-0.25, -0.2) is 0 Å². The molecule has 1 aliphatic carbocycles. The normalized spacial score (nSPS) is 28.7. The fraction of sp³-hybridized carbons (Fsp3) is 0.625. The van der Waals surface area contributed by atoms with E-state index < -0.39 is 5.06 Å². The summed E-state index contributed by atoms with van der Waals surface area (Å²) in [4.78, 5) is 17.4. The second-order valence-corrected chi connectivity index (χ2v) is 10.2. The molecule has 172 valence electrons. The van der Waals surface area contributed by atoms with E-state index in [0.29, 0.717) is 24.7 Å². The molecule has 8 heteroatoms. The molecule has 1 saturated heterocycles. The molecule has 0 radical (unpaired) electrons. The van der Waals surface area contributed by atoms with Crippen molar-refractivity contribution in [1.82, 2.24) is 24.6 Å². The van der Waals surface area contributed by atoms with E-state index in [2.05, 4.69) is 43.7 Å². The molecular formula is C24H32ClN5O2. The lowest BCUT2D eigenvalue weighted by Gasteiger charge is -2.36. The van der Waals surface area contributed by atoms with Crippen molar-refractivity contribution in [3.8, 4) is 5.69 Å². The van der Waals surface area contributed by atoms with Crippen molar-refractivity contribution >= 4 is 17.5 Å². The maximum absolute atomic E-state index is 13.0. The summed E-state index contributed by atoms with van der Waals surface area (Å²) in [5.74, 6) is 2.62. The molecule has 2 fully saturated rings. The number of aromatic nitrogens is 3. The summed E-state index contributed by atoms with van der Waals surface area (Å²) in [5, 5.41) is 8.35. The third kappa shape index (κ3) is 4.06. The number of nitrogens with zero attached hydrogens (tertiary/aromatic N) is 5. The number of piperazine rings is 1. The zero-order valence-corrected chi connectivity index (χ0v) is 19.7. The van der Waals surface area contributed by atoms with Gasteiger partial charge in [-0.15, -0.1) is 10.2 Å². The molecule has 7 nitrogen and oxygen atoms in total. The molecule has 5 rings (SSSR count). The molecule has 3 heterocycles. The summed E-state index contributed by atoms with van der Waals surface area (Å²) in [6, 6.07) is 8.31. The van der Waals surface area contributed by atoms with Crippen LogP contribution in [0.4, 0.5) is 0 Å². The standard InChI is InChI=1S/C24H32ClN5O2/c1-28-11-13-29(14-12-28)23(31)18-9-7-17(8-10-18)22-27-26-21-16-24(25,32-2)15-19-5-3-4-6-20(19)30(21)22/h3-6,17-18H,7-16H2,1-2H3. The highest BCUT2D eigenvalue weighted by molar-refractivity contribution is 6.23. The number of carbonyl (C=O) groups is 1. The fourth-order valence-corrected chi connectivity index (χ4v) is 5.72. The molecule has 0 N–H and O–H groups in total. The number of halogens is 1. The SMILES string of the molecule is COC1(Cl)Cc2ccccc2-n2c(nnc2C2CCC(C(=O)N3CCN(C)CC3)CC2)C1. The summed E-state index contributed by atoms with van der Waals surface area (Å²) >= 11 is 6.80. The van der Waals surface area contributed by atoms with Gasteiger partial charge in [0.05, 0.1) is 12.1 Å². The lowest BCUT2D eigenvalue weighted by atomic mass is 9.80. The van der Waals surface area contributed by atoms with Crippen LogP contribution in [0.1, 0.15) is 48.8 Å². The summed E-state index contributed by atoms with van der Waals surface area (Å²) in [6.45, 7) is 3.64. The van der Waals surface area contributed by atoms with Crippen LogP contribution in [0, 0.1) is 5.92 Å². The van der Waals surface area contributed by atoms with Crippen molar-refractivity contribution in [2.24, 2.45) is 5.92 Å². The van der Waals surface area contributed by atoms with Crippen LogP contribution in [0.15, 0.2) is 24.3 Å². The van der Waals surface area contributed by atoms with Crippen LogP contribution in [0.25, 0.3) is 5.69 Å². The van der Waals surface area contributed by atoms with E-state index in [1.165, 1.54) is 0 Å². The first kappa shape index (κ1) is 21.9. The average Bonchev–Trinajstić information content (AvgIpc) is 3.16. The predicted molar refractivity (Wildman–Crippen MR) is 123 cm³/mol. The average molecular weight is 458 g/mol. The Balaban J connectivity index is 1.35. The Labute approximate surface area is 194 Å². The number of hydrogen-bond donors (Lipinski definition) is 0. The maximum atomic E-state index is 13.0. The van der Waals surface area contributed by atoms with Gasteiger partial charge in [-0.05, 0) is 44.4 Å². The lowest BCUT2D eigenvalue weighted by Crippen LogP contribution is -2.49. The van der Waals surface area contributed by atoms with Gasteiger partial charge in [0.15, 0.2) is 5.06 Å². The number of ether oxygens (including phenoxy) is 1. The monoisotopic (exact) mass is 457 g/mol. The summed E-state index contributed by atoms with van der Waals surface area (Å²) in [7, 11) is 3.77. The summed E-state index contributed by atoms with van der Waals surface area (Å²) in [5.41, 5.74) is 2.24. The number of para-hydroxylation sites is 1. The second-order valence-electron chi connectivity index (χ2n) is 9.56. The van der Waals surface area contributed by atoms with Crippen LogP contribution in [-0.2, 0) is 22.4 Å². The van der Waals surface area contributed by atoms with Gasteiger partial charge in [0.1, 0.15) is 11.6 Å². The van der Waals surface area contributed by atoms with E-state index in [4.69, 9.17) is 16.3 Å². The minimum absolute atomic E-state index is 0.137. The number of carbonyl (C=O) groups excluding carboxylic acids is 1. The van der Waals surface area contributed by atoms with E-state index in [0.717, 1.165) is 74.8 Å². The van der Waals surface area contributed by atoms with Gasteiger partial charge in [-0.1, -0.05) is 29.8 Å². The van der Waals surface area contributed by atoms with Gasteiger partial charge in [-0.3, -0.25) is 9.36 Å². The van der Waals surface area contributed by atoms with Crippen LogP contribution in [-0.4, -0.2) is 75.9 Å². The lowest BCUT2D eigenvalue weighted by molar-refractivity contribution is -0.138. The third-order valence-corrected chi connectivity index (χ3v) is 7.91. The quantitative estimate of drug-likeness (QED) is 0.663. The number of methoxy groups -OCH3 is 1. The number of amides is 1. The first-order chi connectivity index (χ1) is 15.5. The van der Waals surface area contributed by atoms with E-state index in [1.54, 1.807) is 7.11 Å². The summed E-state index contributed by atoms with van der Waals surface area (Å²) < 4.78 is 7.87. The molecular weight excluding hydrogens is 426 g/mol. The highest BCUT2D eigenvalue weighted by Gasteiger charge is 2.38. The van der Waals surface area contributed by atoms with E-state index in [1.807, 2.05) is 12.1 Å². The second kappa shape index (κ2) is 8.76. The number of fused-ring (bicyclic) bond motifs is 3. The molecule has 2 aliphatic heterocycles. The molecule has 0 spiro atoms. The Morgan fingerprint density at radius 2 is 1.78 bits per heavy atom. The first-order valence-corrected chi connectivity index (χ1v) is 12.1. The van der Waals surface area contributed by atoms with E-state index in [9.17, 15) is 4.79 Å². The van der Waals surface area contributed by atoms with Crippen molar-refractivity contribution in [3.63, 3.8) is 0 Å². The van der Waals surface area contributed by atoms with Gasteiger partial charge in [0.25, 0.3) is 0 Å². The number of likely N-dealkylation sites (N-methyl/N-ethyl adjacent to an activating group) is 1. The molecule has 1 amide bonds. The predicted octanol–water partition coefficient (Wildman–Crippen LogP) is 3.00. The van der Waals surface area contributed by atoms with Crippen LogP contribution < -0.4 is 0 Å². The van der Waals surface area contributed by atoms with Gasteiger partial charge in [0.2, 0.25) is 5.91 Å². The highest BCUT2D eigenvalue weighted by Crippen LogP contribution is 2.40. The molecule has 1 saturated carbocycles. The Kier molecular flexibility index (Phi) is 5.99. The number of rotatable bonds is 3. The largest absolute Gasteiger partial charge is 0.362 e. The van der Waals surface area contributed by atoms with Crippen LogP contribution in [0.2, 0.25) is 0 Å². The Morgan fingerprint density at radius 1 is 1.06 bits per heavy atom. The van der Waals surface area contributed by atoms with Crippen molar-refractivity contribution in [2.75, 3.05) is 40.3 Å². The van der Waals surface area contributed by atoms with Crippen molar-refractivity contribution in [3.05, 3.63) is 41.5 Å². The van der Waals surface area contributed by atoms with Crippen LogP contribution in [0.3, 0.4) is 0 Å². The summed E-state index contributed by atoms with van der Waals surface area (Å²) in [6.07, 6.45) is 4.87. The molecule has 3 aliphatic rings. The van der Waals surface area contributed by atoms with Crippen molar-refractivity contribution in [1.29, 1.82) is 0 Å². The zero-order valence-electron chi connectivity index (χ0n) is 19.0. The van der Waals surface area contributed by atoms with Crippen molar-refractivity contribution < 1.29 is 9.53 Å². The number of hydrogen-bond acceptors (Lipinski definition) is 5. The highest BCUT2D eigenvalue weighted by atomic mass is 35.5. The third-order valence-electron chi connectivity index (χ3n) is 7.49. The minimum atomic E-state index is -0.818. The van der Waals surface area contributed by atoms with E-state index in [-0.39, 0.29) is 5.92 Å².